The molecule has 4 nitrogen and oxygen atoms in total. The second-order valence-corrected chi connectivity index (χ2v) is 9.57. The van der Waals surface area contributed by atoms with Gasteiger partial charge in [-0.15, -0.1) is 11.8 Å². The molecule has 3 rings (SSSR count). The summed E-state index contributed by atoms with van der Waals surface area (Å²) in [5.41, 5.74) is 2.11. The molecule has 6 heteroatoms. The van der Waals surface area contributed by atoms with Crippen LogP contribution in [0.3, 0.4) is 0 Å². The third kappa shape index (κ3) is 7.58. The Morgan fingerprint density at radius 2 is 1.77 bits per heavy atom. The first kappa shape index (κ1) is 23.7. The second-order valence-electron chi connectivity index (χ2n) is 8.15. The van der Waals surface area contributed by atoms with E-state index in [9.17, 15) is 9.59 Å². The Labute approximate surface area is 194 Å². The average molecular weight is 459 g/mol. The van der Waals surface area contributed by atoms with Gasteiger partial charge in [-0.3, -0.25) is 9.59 Å². The normalized spacial score (nSPS) is 15.3. The molecule has 166 valence electrons. The topological polar surface area (TPSA) is 49.4 Å². The van der Waals surface area contributed by atoms with Gasteiger partial charge in [0, 0.05) is 23.4 Å². The first-order valence-electron chi connectivity index (χ1n) is 11.0. The summed E-state index contributed by atoms with van der Waals surface area (Å²) in [6, 6.07) is 17.3. The molecule has 1 N–H and O–H groups in total. The van der Waals surface area contributed by atoms with Crippen molar-refractivity contribution >= 4 is 35.2 Å². The van der Waals surface area contributed by atoms with Gasteiger partial charge < -0.3 is 10.2 Å². The van der Waals surface area contributed by atoms with Crippen LogP contribution in [0.1, 0.15) is 50.2 Å². The maximum absolute atomic E-state index is 13.2. The molecule has 1 atom stereocenters. The van der Waals surface area contributed by atoms with E-state index in [0.717, 1.165) is 37.0 Å². The van der Waals surface area contributed by atoms with Crippen LogP contribution in [0, 0.1) is 0 Å². The minimum Gasteiger partial charge on any atom is -0.352 e. The summed E-state index contributed by atoms with van der Waals surface area (Å²) in [7, 11) is 0. The number of thioether (sulfide) groups is 1. The van der Waals surface area contributed by atoms with Crippen molar-refractivity contribution in [2.45, 2.75) is 63.4 Å². The van der Waals surface area contributed by atoms with E-state index in [4.69, 9.17) is 11.6 Å². The smallest absolute Gasteiger partial charge is 0.242 e. The number of nitrogens with one attached hydrogen (secondary N) is 1. The van der Waals surface area contributed by atoms with E-state index in [-0.39, 0.29) is 17.9 Å². The maximum atomic E-state index is 13.2. The fraction of sp³-hybridized carbons (Fsp3) is 0.440. The van der Waals surface area contributed by atoms with Crippen molar-refractivity contribution in [2.24, 2.45) is 0 Å². The Morgan fingerprint density at radius 3 is 2.48 bits per heavy atom. The van der Waals surface area contributed by atoms with Crippen LogP contribution >= 0.6 is 23.4 Å². The largest absolute Gasteiger partial charge is 0.352 e. The van der Waals surface area contributed by atoms with Gasteiger partial charge in [-0.25, -0.2) is 0 Å². The highest BCUT2D eigenvalue weighted by Crippen LogP contribution is 2.20. The molecule has 1 fully saturated rings. The quantitative estimate of drug-likeness (QED) is 0.544. The summed E-state index contributed by atoms with van der Waals surface area (Å²) in [6.45, 7) is 2.19. The number of nitrogens with zero attached hydrogens (tertiary/aromatic N) is 1. The van der Waals surface area contributed by atoms with Gasteiger partial charge in [0.2, 0.25) is 11.8 Å². The van der Waals surface area contributed by atoms with Crippen LogP contribution in [-0.2, 0) is 21.9 Å². The van der Waals surface area contributed by atoms with Gasteiger partial charge in [-0.1, -0.05) is 73.3 Å². The van der Waals surface area contributed by atoms with Crippen molar-refractivity contribution in [2.75, 3.05) is 5.75 Å². The van der Waals surface area contributed by atoms with Crippen molar-refractivity contribution in [3.05, 3.63) is 70.7 Å². The molecule has 1 saturated carbocycles. The third-order valence-corrected chi connectivity index (χ3v) is 6.92. The highest BCUT2D eigenvalue weighted by Gasteiger charge is 2.28. The van der Waals surface area contributed by atoms with Crippen LogP contribution in [0.25, 0.3) is 0 Å². The second kappa shape index (κ2) is 12.2. The standard InChI is InChI=1S/C25H31ClN2O2S/c1-19(25(30)27-23-13-6-3-7-14-23)28(16-21-11-8-12-22(26)15-21)24(29)18-31-17-20-9-4-2-5-10-20/h2,4-5,8-12,15,19,23H,3,6-7,13-14,16-18H2,1H3,(H,27,30). The Morgan fingerprint density at radius 1 is 1.06 bits per heavy atom. The van der Waals surface area contributed by atoms with Crippen molar-refractivity contribution in [3.63, 3.8) is 0 Å². The molecule has 0 spiro atoms. The minimum absolute atomic E-state index is 0.0350. The lowest BCUT2D eigenvalue weighted by molar-refractivity contribution is -0.139. The van der Waals surface area contributed by atoms with E-state index in [1.54, 1.807) is 16.7 Å². The van der Waals surface area contributed by atoms with Crippen LogP contribution in [0.4, 0.5) is 0 Å². The van der Waals surface area contributed by atoms with Gasteiger partial charge in [0.05, 0.1) is 5.75 Å². The SMILES string of the molecule is CC(C(=O)NC1CCCCC1)N(Cc1cccc(Cl)c1)C(=O)CSCc1ccccc1. The molecular weight excluding hydrogens is 428 g/mol. The number of hydrogen-bond donors (Lipinski definition) is 1. The molecule has 1 unspecified atom stereocenters. The van der Waals surface area contributed by atoms with Crippen molar-refractivity contribution in [1.82, 2.24) is 10.2 Å². The number of carbonyl (C=O) groups excluding carboxylic acids is 2. The van der Waals surface area contributed by atoms with E-state index >= 15 is 0 Å². The highest BCUT2D eigenvalue weighted by molar-refractivity contribution is 7.99. The maximum Gasteiger partial charge on any atom is 0.242 e. The summed E-state index contributed by atoms with van der Waals surface area (Å²) in [6.07, 6.45) is 5.59. The predicted molar refractivity (Wildman–Crippen MR) is 129 cm³/mol. The van der Waals surface area contributed by atoms with Gasteiger partial charge >= 0.3 is 0 Å². The molecule has 2 amide bonds. The molecule has 0 radical (unpaired) electrons. The van der Waals surface area contributed by atoms with Crippen LogP contribution in [-0.4, -0.2) is 34.6 Å². The Bertz CT molecular complexity index is 856. The van der Waals surface area contributed by atoms with Crippen LogP contribution in [0.15, 0.2) is 54.6 Å². The zero-order valence-electron chi connectivity index (χ0n) is 18.1. The first-order valence-corrected chi connectivity index (χ1v) is 12.5. The lowest BCUT2D eigenvalue weighted by atomic mass is 9.95. The van der Waals surface area contributed by atoms with Gasteiger partial charge in [0.15, 0.2) is 0 Å². The molecular formula is C25H31ClN2O2S. The van der Waals surface area contributed by atoms with Crippen molar-refractivity contribution in [1.29, 1.82) is 0 Å². The molecule has 2 aromatic rings. The molecule has 0 heterocycles. The zero-order valence-corrected chi connectivity index (χ0v) is 19.6. The number of hydrogen-bond acceptors (Lipinski definition) is 3. The minimum atomic E-state index is -0.536. The number of halogens is 1. The molecule has 0 bridgehead atoms. The van der Waals surface area contributed by atoms with Gasteiger partial charge in [-0.2, -0.15) is 0 Å². The van der Waals surface area contributed by atoms with Gasteiger partial charge in [0.1, 0.15) is 6.04 Å². The Balaban J connectivity index is 1.65. The summed E-state index contributed by atoms with van der Waals surface area (Å²) < 4.78 is 0. The fourth-order valence-electron chi connectivity index (χ4n) is 3.90. The number of benzene rings is 2. The van der Waals surface area contributed by atoms with Crippen molar-refractivity contribution in [3.8, 4) is 0 Å². The Kier molecular flexibility index (Phi) is 9.29. The molecule has 31 heavy (non-hydrogen) atoms. The summed E-state index contributed by atoms with van der Waals surface area (Å²) in [4.78, 5) is 27.8. The molecule has 1 aliphatic rings. The highest BCUT2D eigenvalue weighted by atomic mass is 35.5. The lowest BCUT2D eigenvalue weighted by Gasteiger charge is -2.31. The van der Waals surface area contributed by atoms with E-state index in [1.807, 2.05) is 49.4 Å². The lowest BCUT2D eigenvalue weighted by Crippen LogP contribution is -2.50. The van der Waals surface area contributed by atoms with Gasteiger partial charge in [-0.05, 0) is 43.0 Å². The van der Waals surface area contributed by atoms with E-state index in [2.05, 4.69) is 17.4 Å². The fourth-order valence-corrected chi connectivity index (χ4v) is 4.98. The molecule has 0 aliphatic heterocycles. The molecule has 2 aromatic carbocycles. The predicted octanol–water partition coefficient (Wildman–Crippen LogP) is 5.44. The van der Waals surface area contributed by atoms with E-state index in [1.165, 1.54) is 12.0 Å². The van der Waals surface area contributed by atoms with Gasteiger partial charge in [0.25, 0.3) is 0 Å². The van der Waals surface area contributed by atoms with Crippen LogP contribution in [0.2, 0.25) is 5.02 Å². The zero-order chi connectivity index (χ0) is 22.1. The first-order chi connectivity index (χ1) is 15.0. The van der Waals surface area contributed by atoms with Crippen LogP contribution < -0.4 is 5.32 Å². The monoisotopic (exact) mass is 458 g/mol. The summed E-state index contributed by atoms with van der Waals surface area (Å²) in [5.74, 6) is 0.985. The summed E-state index contributed by atoms with van der Waals surface area (Å²) in [5, 5.41) is 3.79. The van der Waals surface area contributed by atoms with E-state index < -0.39 is 6.04 Å². The van der Waals surface area contributed by atoms with Crippen molar-refractivity contribution < 1.29 is 9.59 Å². The average Bonchev–Trinajstić information content (AvgIpc) is 2.78. The van der Waals surface area contributed by atoms with Crippen LogP contribution in [0.5, 0.6) is 0 Å². The number of amides is 2. The summed E-state index contributed by atoms with van der Waals surface area (Å²) >= 11 is 7.72. The number of carbonyl (C=O) groups is 2. The Hall–Kier alpha value is -1.98. The van der Waals surface area contributed by atoms with E-state index in [0.29, 0.717) is 17.3 Å². The number of rotatable bonds is 9. The molecule has 0 saturated heterocycles. The third-order valence-electron chi connectivity index (χ3n) is 5.70. The molecule has 1 aliphatic carbocycles. The molecule has 0 aromatic heterocycles.